The predicted octanol–water partition coefficient (Wildman–Crippen LogP) is 1.30. The summed E-state index contributed by atoms with van der Waals surface area (Å²) in [4.78, 5) is 25.6. The van der Waals surface area contributed by atoms with E-state index in [0.717, 1.165) is 10.2 Å². The number of anilines is 1. The molecule has 108 valence electrons. The Morgan fingerprint density at radius 3 is 3.00 bits per heavy atom. The van der Waals surface area contributed by atoms with Gasteiger partial charge >= 0.3 is 0 Å². The molecule has 1 aliphatic heterocycles. The summed E-state index contributed by atoms with van der Waals surface area (Å²) in [6, 6.07) is 7.48. The Morgan fingerprint density at radius 1 is 1.50 bits per heavy atom. The Hall–Kier alpha value is -1.40. The van der Waals surface area contributed by atoms with Gasteiger partial charge in [0.25, 0.3) is 0 Å². The van der Waals surface area contributed by atoms with Crippen LogP contribution in [0.4, 0.5) is 5.69 Å². The van der Waals surface area contributed by atoms with Crippen LogP contribution in [0.25, 0.3) is 0 Å². The molecule has 5 nitrogen and oxygen atoms in total. The standard InChI is InChI=1S/C14H17BrN2O3/c15-11-3-1-4-12(8-11)17-9-10(7-13(17)19)14(20)16-5-2-6-18/h1,3-4,8,10,18H,2,5-7,9H2,(H,16,20). The zero-order chi connectivity index (χ0) is 14.5. The van der Waals surface area contributed by atoms with E-state index in [1.54, 1.807) is 4.90 Å². The number of rotatable bonds is 5. The topological polar surface area (TPSA) is 69.6 Å². The van der Waals surface area contributed by atoms with Crippen molar-refractivity contribution in [2.24, 2.45) is 5.92 Å². The van der Waals surface area contributed by atoms with E-state index in [-0.39, 0.29) is 30.8 Å². The highest BCUT2D eigenvalue weighted by Crippen LogP contribution is 2.27. The molecule has 0 saturated carbocycles. The molecule has 0 aromatic heterocycles. The van der Waals surface area contributed by atoms with Crippen LogP contribution < -0.4 is 10.2 Å². The van der Waals surface area contributed by atoms with E-state index in [2.05, 4.69) is 21.2 Å². The van der Waals surface area contributed by atoms with Gasteiger partial charge in [0.1, 0.15) is 0 Å². The van der Waals surface area contributed by atoms with E-state index in [4.69, 9.17) is 5.11 Å². The van der Waals surface area contributed by atoms with Gasteiger partial charge in [-0.05, 0) is 24.6 Å². The molecule has 0 radical (unpaired) electrons. The van der Waals surface area contributed by atoms with Gasteiger partial charge in [-0.2, -0.15) is 0 Å². The third-order valence-corrected chi connectivity index (χ3v) is 3.74. The number of halogens is 1. The van der Waals surface area contributed by atoms with Crippen LogP contribution in [0.2, 0.25) is 0 Å². The van der Waals surface area contributed by atoms with Crippen LogP contribution >= 0.6 is 15.9 Å². The van der Waals surface area contributed by atoms with E-state index < -0.39 is 0 Å². The van der Waals surface area contributed by atoms with Crippen molar-refractivity contribution < 1.29 is 14.7 Å². The molecule has 0 bridgehead atoms. The number of carbonyl (C=O) groups excluding carboxylic acids is 2. The van der Waals surface area contributed by atoms with E-state index in [1.165, 1.54) is 0 Å². The number of nitrogens with zero attached hydrogens (tertiary/aromatic N) is 1. The van der Waals surface area contributed by atoms with Gasteiger partial charge in [-0.15, -0.1) is 0 Å². The maximum atomic E-state index is 12.0. The van der Waals surface area contributed by atoms with Crippen LogP contribution in [0.1, 0.15) is 12.8 Å². The van der Waals surface area contributed by atoms with Crippen LogP contribution in [-0.2, 0) is 9.59 Å². The fourth-order valence-electron chi connectivity index (χ4n) is 2.21. The molecule has 0 spiro atoms. The largest absolute Gasteiger partial charge is 0.396 e. The lowest BCUT2D eigenvalue weighted by Gasteiger charge is -2.17. The Balaban J connectivity index is 1.98. The van der Waals surface area contributed by atoms with Crippen LogP contribution in [0, 0.1) is 5.92 Å². The molecule has 20 heavy (non-hydrogen) atoms. The van der Waals surface area contributed by atoms with Crippen molar-refractivity contribution in [2.45, 2.75) is 12.8 Å². The van der Waals surface area contributed by atoms with E-state index in [9.17, 15) is 9.59 Å². The summed E-state index contributed by atoms with van der Waals surface area (Å²) in [5.41, 5.74) is 0.801. The highest BCUT2D eigenvalue weighted by Gasteiger charge is 2.34. The van der Waals surface area contributed by atoms with Gasteiger partial charge in [0.2, 0.25) is 11.8 Å². The normalized spacial score (nSPS) is 18.4. The molecule has 1 aromatic rings. The summed E-state index contributed by atoms with van der Waals surface area (Å²) < 4.78 is 0.902. The minimum atomic E-state index is -0.319. The van der Waals surface area contributed by atoms with Crippen molar-refractivity contribution in [3.8, 4) is 0 Å². The lowest BCUT2D eigenvalue weighted by molar-refractivity contribution is -0.126. The van der Waals surface area contributed by atoms with Gasteiger partial charge in [0, 0.05) is 36.3 Å². The summed E-state index contributed by atoms with van der Waals surface area (Å²) in [5.74, 6) is -0.477. The molecule has 1 aliphatic rings. The minimum absolute atomic E-state index is 0.0367. The second-order valence-corrected chi connectivity index (χ2v) is 5.67. The summed E-state index contributed by atoms with van der Waals surface area (Å²) in [6.07, 6.45) is 0.763. The predicted molar refractivity (Wildman–Crippen MR) is 79.3 cm³/mol. The lowest BCUT2D eigenvalue weighted by atomic mass is 10.1. The maximum absolute atomic E-state index is 12.0. The quantitative estimate of drug-likeness (QED) is 0.794. The van der Waals surface area contributed by atoms with Crippen molar-refractivity contribution in [1.29, 1.82) is 0 Å². The van der Waals surface area contributed by atoms with Crippen molar-refractivity contribution in [2.75, 3.05) is 24.6 Å². The Labute approximate surface area is 126 Å². The number of amides is 2. The fraction of sp³-hybridized carbons (Fsp3) is 0.429. The number of hydrogen-bond donors (Lipinski definition) is 2. The first-order chi connectivity index (χ1) is 9.61. The summed E-state index contributed by atoms with van der Waals surface area (Å²) >= 11 is 3.37. The Bertz CT molecular complexity index is 507. The van der Waals surface area contributed by atoms with Crippen LogP contribution in [0.3, 0.4) is 0 Å². The third kappa shape index (κ3) is 3.58. The molecular formula is C14H17BrN2O3. The molecule has 1 aromatic carbocycles. The lowest BCUT2D eigenvalue weighted by Crippen LogP contribution is -2.33. The van der Waals surface area contributed by atoms with E-state index in [1.807, 2.05) is 24.3 Å². The number of nitrogens with one attached hydrogen (secondary N) is 1. The number of aliphatic hydroxyl groups is 1. The van der Waals surface area contributed by atoms with Crippen molar-refractivity contribution in [3.05, 3.63) is 28.7 Å². The first-order valence-electron chi connectivity index (χ1n) is 6.56. The molecule has 6 heteroatoms. The fourth-order valence-corrected chi connectivity index (χ4v) is 2.60. The second-order valence-electron chi connectivity index (χ2n) is 4.75. The SMILES string of the molecule is O=C(NCCCO)C1CC(=O)N(c2cccc(Br)c2)C1. The van der Waals surface area contributed by atoms with Crippen molar-refractivity contribution in [3.63, 3.8) is 0 Å². The van der Waals surface area contributed by atoms with Gasteiger partial charge < -0.3 is 15.3 Å². The second kappa shape index (κ2) is 6.85. The molecule has 0 aliphatic carbocycles. The first-order valence-corrected chi connectivity index (χ1v) is 7.35. The average Bonchev–Trinajstić information content (AvgIpc) is 2.81. The Morgan fingerprint density at radius 2 is 2.30 bits per heavy atom. The third-order valence-electron chi connectivity index (χ3n) is 3.25. The van der Waals surface area contributed by atoms with Crippen molar-refractivity contribution >= 4 is 33.4 Å². The van der Waals surface area contributed by atoms with Gasteiger partial charge in [-0.25, -0.2) is 0 Å². The molecule has 2 rings (SSSR count). The number of carbonyl (C=O) groups is 2. The van der Waals surface area contributed by atoms with Crippen LogP contribution in [-0.4, -0.2) is 36.6 Å². The highest BCUT2D eigenvalue weighted by molar-refractivity contribution is 9.10. The zero-order valence-corrected chi connectivity index (χ0v) is 12.6. The van der Waals surface area contributed by atoms with Gasteiger partial charge in [-0.3, -0.25) is 9.59 Å². The smallest absolute Gasteiger partial charge is 0.227 e. The molecule has 1 atom stereocenters. The van der Waals surface area contributed by atoms with Crippen LogP contribution in [0.15, 0.2) is 28.7 Å². The molecule has 1 saturated heterocycles. The van der Waals surface area contributed by atoms with Crippen molar-refractivity contribution in [1.82, 2.24) is 5.32 Å². The Kier molecular flexibility index (Phi) is 5.14. The molecular weight excluding hydrogens is 324 g/mol. The molecule has 2 amide bonds. The van der Waals surface area contributed by atoms with Gasteiger partial charge in [0.15, 0.2) is 0 Å². The summed E-state index contributed by atoms with van der Waals surface area (Å²) in [6.45, 7) is 0.894. The van der Waals surface area contributed by atoms with Crippen LogP contribution in [0.5, 0.6) is 0 Å². The summed E-state index contributed by atoms with van der Waals surface area (Å²) in [5, 5.41) is 11.4. The number of aliphatic hydroxyl groups excluding tert-OH is 1. The number of hydrogen-bond acceptors (Lipinski definition) is 3. The van der Waals surface area contributed by atoms with Gasteiger partial charge in [0.05, 0.1) is 5.92 Å². The van der Waals surface area contributed by atoms with E-state index in [0.29, 0.717) is 19.5 Å². The molecule has 1 fully saturated rings. The molecule has 1 heterocycles. The van der Waals surface area contributed by atoms with E-state index >= 15 is 0 Å². The van der Waals surface area contributed by atoms with Gasteiger partial charge in [-0.1, -0.05) is 22.0 Å². The monoisotopic (exact) mass is 340 g/mol. The minimum Gasteiger partial charge on any atom is -0.396 e. The number of benzene rings is 1. The zero-order valence-electron chi connectivity index (χ0n) is 11.0. The first kappa shape index (κ1) is 15.0. The average molecular weight is 341 g/mol. The summed E-state index contributed by atoms with van der Waals surface area (Å²) in [7, 11) is 0. The highest BCUT2D eigenvalue weighted by atomic mass is 79.9. The maximum Gasteiger partial charge on any atom is 0.227 e. The molecule has 1 unspecified atom stereocenters. The molecule has 2 N–H and O–H groups in total.